The minimum atomic E-state index is -0.541. The smallest absolute Gasteiger partial charge is 0.280 e. The van der Waals surface area contributed by atoms with Crippen LogP contribution in [0.15, 0.2) is 35.1 Å². The minimum absolute atomic E-state index is 0.158. The first-order valence-electron chi connectivity index (χ1n) is 5.87. The molecule has 3 rings (SSSR count). The van der Waals surface area contributed by atoms with Crippen molar-refractivity contribution in [1.82, 2.24) is 14.6 Å². The van der Waals surface area contributed by atoms with E-state index in [-0.39, 0.29) is 5.69 Å². The molecule has 0 aliphatic carbocycles. The second kappa shape index (κ2) is 4.86. The number of benzene rings is 1. The van der Waals surface area contributed by atoms with E-state index < -0.39 is 11.3 Å². The van der Waals surface area contributed by atoms with Gasteiger partial charge >= 0.3 is 0 Å². The molecule has 0 atom stereocenters. The van der Waals surface area contributed by atoms with Gasteiger partial charge in [-0.15, -0.1) is 0 Å². The van der Waals surface area contributed by atoms with Crippen LogP contribution in [-0.2, 0) is 0 Å². The second-order valence-corrected chi connectivity index (χ2v) is 5.04. The average molecular weight is 286 g/mol. The van der Waals surface area contributed by atoms with Gasteiger partial charge in [-0.3, -0.25) is 14.7 Å². The van der Waals surface area contributed by atoms with Gasteiger partial charge in [0.05, 0.1) is 11.2 Å². The Balaban J connectivity index is 1.99. The standard InChI is InChI=1S/C13H10N4O2S/c1-7-6-10(20-17-7)14-13(19)11-12(18)8-4-2-3-5-9(8)15-16-11/h2-6H,1H3,(H,14,19)(H,15,18). The Hall–Kier alpha value is -2.54. The van der Waals surface area contributed by atoms with Crippen molar-refractivity contribution in [2.24, 2.45) is 0 Å². The van der Waals surface area contributed by atoms with Gasteiger partial charge in [0.15, 0.2) is 5.69 Å². The topological polar surface area (TPSA) is 87.7 Å². The fourth-order valence-electron chi connectivity index (χ4n) is 1.82. The molecule has 6 nitrogen and oxygen atoms in total. The van der Waals surface area contributed by atoms with Gasteiger partial charge in [-0.25, -0.2) is 0 Å². The minimum Gasteiger partial charge on any atom is -0.311 e. The predicted molar refractivity (Wildman–Crippen MR) is 77.2 cm³/mol. The highest BCUT2D eigenvalue weighted by molar-refractivity contribution is 7.10. The third-order valence-electron chi connectivity index (χ3n) is 2.75. The fraction of sp³-hybridized carbons (Fsp3) is 0.0769. The normalized spacial score (nSPS) is 10.7. The van der Waals surface area contributed by atoms with Crippen molar-refractivity contribution in [1.29, 1.82) is 0 Å². The van der Waals surface area contributed by atoms with Gasteiger partial charge in [0.25, 0.3) is 5.91 Å². The van der Waals surface area contributed by atoms with Crippen LogP contribution in [0.1, 0.15) is 16.2 Å². The molecule has 0 aliphatic rings. The van der Waals surface area contributed by atoms with E-state index in [0.717, 1.165) is 17.2 Å². The maximum Gasteiger partial charge on any atom is 0.280 e. The third-order valence-corrected chi connectivity index (χ3v) is 3.55. The summed E-state index contributed by atoms with van der Waals surface area (Å²) >= 11 is 1.16. The Kier molecular flexibility index (Phi) is 3.03. The van der Waals surface area contributed by atoms with E-state index in [1.165, 1.54) is 0 Å². The van der Waals surface area contributed by atoms with Gasteiger partial charge in [0, 0.05) is 5.39 Å². The molecule has 7 heteroatoms. The van der Waals surface area contributed by atoms with E-state index in [4.69, 9.17) is 0 Å². The summed E-state index contributed by atoms with van der Waals surface area (Å²) in [5.41, 5.74) is 0.862. The molecule has 0 aliphatic heterocycles. The number of para-hydroxylation sites is 1. The number of anilines is 1. The zero-order valence-corrected chi connectivity index (χ0v) is 11.3. The summed E-state index contributed by atoms with van der Waals surface area (Å²) in [4.78, 5) is 24.3. The highest BCUT2D eigenvalue weighted by Crippen LogP contribution is 2.16. The molecule has 0 spiro atoms. The first kappa shape index (κ1) is 12.5. The maximum absolute atomic E-state index is 12.2. The summed E-state index contributed by atoms with van der Waals surface area (Å²) < 4.78 is 4.06. The summed E-state index contributed by atoms with van der Waals surface area (Å²) in [7, 11) is 0. The molecule has 1 amide bonds. The fourth-order valence-corrected chi connectivity index (χ4v) is 2.48. The van der Waals surface area contributed by atoms with Crippen LogP contribution in [0.4, 0.5) is 5.00 Å². The van der Waals surface area contributed by atoms with E-state index in [9.17, 15) is 9.59 Å². The number of nitrogens with one attached hydrogen (secondary N) is 2. The number of aromatic amines is 1. The largest absolute Gasteiger partial charge is 0.311 e. The summed E-state index contributed by atoms with van der Waals surface area (Å²) in [5, 5.41) is 10.2. The summed E-state index contributed by atoms with van der Waals surface area (Å²) in [6, 6.07) is 8.66. The number of rotatable bonds is 2. The monoisotopic (exact) mass is 286 g/mol. The summed E-state index contributed by atoms with van der Waals surface area (Å²) in [6.45, 7) is 1.83. The highest BCUT2D eigenvalue weighted by Gasteiger charge is 2.15. The lowest BCUT2D eigenvalue weighted by Gasteiger charge is -2.02. The van der Waals surface area contributed by atoms with Gasteiger partial charge in [0.1, 0.15) is 5.00 Å². The SMILES string of the molecule is Cc1cc(NC(=O)c2n[nH]c3ccccc3c2=O)sn1. The van der Waals surface area contributed by atoms with Crippen LogP contribution in [0.25, 0.3) is 10.9 Å². The van der Waals surface area contributed by atoms with Crippen molar-refractivity contribution in [3.63, 3.8) is 0 Å². The van der Waals surface area contributed by atoms with Crippen LogP contribution in [0.2, 0.25) is 0 Å². The predicted octanol–water partition coefficient (Wildman–Crippen LogP) is 1.94. The zero-order valence-electron chi connectivity index (χ0n) is 10.5. The maximum atomic E-state index is 12.2. The Morgan fingerprint density at radius 2 is 2.15 bits per heavy atom. The summed E-state index contributed by atoms with van der Waals surface area (Å²) in [6.07, 6.45) is 0. The third kappa shape index (κ3) is 2.19. The van der Waals surface area contributed by atoms with Crippen molar-refractivity contribution in [3.05, 3.63) is 51.9 Å². The van der Waals surface area contributed by atoms with Gasteiger partial charge in [-0.2, -0.15) is 9.47 Å². The Bertz CT molecular complexity index is 853. The number of amides is 1. The number of aryl methyl sites for hydroxylation is 1. The molecular weight excluding hydrogens is 276 g/mol. The van der Waals surface area contributed by atoms with E-state index in [0.29, 0.717) is 15.9 Å². The zero-order chi connectivity index (χ0) is 14.1. The van der Waals surface area contributed by atoms with E-state index in [1.54, 1.807) is 30.3 Å². The average Bonchev–Trinajstić information content (AvgIpc) is 2.84. The first-order chi connectivity index (χ1) is 9.65. The molecule has 0 bridgehead atoms. The van der Waals surface area contributed by atoms with Crippen LogP contribution >= 0.6 is 11.5 Å². The van der Waals surface area contributed by atoms with Crippen LogP contribution in [0.3, 0.4) is 0 Å². The molecule has 2 aromatic heterocycles. The molecule has 100 valence electrons. The lowest BCUT2D eigenvalue weighted by atomic mass is 10.2. The number of hydrogen-bond acceptors (Lipinski definition) is 5. The Morgan fingerprint density at radius 1 is 1.35 bits per heavy atom. The molecular formula is C13H10N4O2S. The number of carbonyl (C=O) groups is 1. The molecule has 20 heavy (non-hydrogen) atoms. The van der Waals surface area contributed by atoms with Crippen LogP contribution < -0.4 is 10.7 Å². The first-order valence-corrected chi connectivity index (χ1v) is 6.64. The Labute approximate surface area is 117 Å². The molecule has 3 aromatic rings. The Morgan fingerprint density at radius 3 is 2.90 bits per heavy atom. The van der Waals surface area contributed by atoms with Crippen LogP contribution in [0.5, 0.6) is 0 Å². The van der Waals surface area contributed by atoms with E-state index in [1.807, 2.05) is 6.92 Å². The molecule has 0 radical (unpaired) electrons. The van der Waals surface area contributed by atoms with E-state index >= 15 is 0 Å². The lowest BCUT2D eigenvalue weighted by molar-refractivity contribution is 0.102. The molecule has 0 fully saturated rings. The van der Waals surface area contributed by atoms with Gasteiger partial charge < -0.3 is 5.32 Å². The number of hydrogen-bond donors (Lipinski definition) is 2. The molecule has 2 N–H and O–H groups in total. The number of carbonyl (C=O) groups excluding carboxylic acids is 1. The second-order valence-electron chi connectivity index (χ2n) is 4.23. The van der Waals surface area contributed by atoms with Crippen molar-refractivity contribution in [2.45, 2.75) is 6.92 Å². The number of aromatic nitrogens is 3. The molecule has 0 saturated carbocycles. The van der Waals surface area contributed by atoms with Crippen molar-refractivity contribution >= 4 is 33.3 Å². The van der Waals surface area contributed by atoms with Crippen molar-refractivity contribution < 1.29 is 4.79 Å². The van der Waals surface area contributed by atoms with E-state index in [2.05, 4.69) is 19.9 Å². The van der Waals surface area contributed by atoms with Gasteiger partial charge in [-0.05, 0) is 36.7 Å². The number of H-pyrrole nitrogens is 1. The molecule has 0 unspecified atom stereocenters. The summed E-state index contributed by atoms with van der Waals surface area (Å²) in [5.74, 6) is -0.541. The molecule has 2 heterocycles. The number of nitrogens with zero attached hydrogens (tertiary/aromatic N) is 2. The van der Waals surface area contributed by atoms with Crippen LogP contribution in [0, 0.1) is 6.92 Å². The van der Waals surface area contributed by atoms with Gasteiger partial charge in [-0.1, -0.05) is 12.1 Å². The highest BCUT2D eigenvalue weighted by atomic mass is 32.1. The van der Waals surface area contributed by atoms with Crippen LogP contribution in [-0.4, -0.2) is 20.5 Å². The quantitative estimate of drug-likeness (QED) is 0.753. The van der Waals surface area contributed by atoms with Gasteiger partial charge in [0.2, 0.25) is 5.43 Å². The molecule has 1 aromatic carbocycles. The lowest BCUT2D eigenvalue weighted by Crippen LogP contribution is -2.24. The molecule has 0 saturated heterocycles. The number of fused-ring (bicyclic) bond motifs is 1. The van der Waals surface area contributed by atoms with Crippen molar-refractivity contribution in [2.75, 3.05) is 5.32 Å². The van der Waals surface area contributed by atoms with Crippen molar-refractivity contribution in [3.8, 4) is 0 Å².